The van der Waals surface area contributed by atoms with Gasteiger partial charge in [0.05, 0.1) is 12.7 Å². The average Bonchev–Trinajstić information content (AvgIpc) is 2.94. The lowest BCUT2D eigenvalue weighted by Gasteiger charge is -2.13. The maximum absolute atomic E-state index is 12.5. The summed E-state index contributed by atoms with van der Waals surface area (Å²) in [6, 6.07) is 11.3. The molecule has 24 heavy (non-hydrogen) atoms. The Balaban J connectivity index is 2.05. The van der Waals surface area contributed by atoms with E-state index in [1.54, 1.807) is 12.1 Å². The molecule has 1 N–H and O–H groups in total. The van der Waals surface area contributed by atoms with E-state index in [4.69, 9.17) is 10.00 Å². The van der Waals surface area contributed by atoms with Crippen LogP contribution in [0.25, 0.3) is 0 Å². The lowest BCUT2D eigenvalue weighted by Crippen LogP contribution is -2.17. The van der Waals surface area contributed by atoms with Crippen molar-refractivity contribution >= 4 is 27.5 Å². The Labute approximate surface area is 150 Å². The summed E-state index contributed by atoms with van der Waals surface area (Å²) in [6.07, 6.45) is 3.05. The number of hydrogen-bond acceptors (Lipinski definition) is 3. The Morgan fingerprint density at radius 2 is 2.21 bits per heavy atom. The largest absolute Gasteiger partial charge is 0.493 e. The molecule has 2 rings (SSSR count). The van der Waals surface area contributed by atoms with Crippen molar-refractivity contribution in [2.24, 2.45) is 0 Å². The molecule has 0 aliphatic rings. The maximum Gasteiger partial charge on any atom is 0.272 e. The third kappa shape index (κ3) is 4.87. The quantitative estimate of drug-likeness (QED) is 0.693. The molecule has 0 spiro atoms. The zero-order chi connectivity index (χ0) is 17.5. The summed E-state index contributed by atoms with van der Waals surface area (Å²) in [6.45, 7) is 4.53. The number of benzene rings is 1. The number of rotatable bonds is 7. The van der Waals surface area contributed by atoms with Crippen LogP contribution in [0.15, 0.2) is 41.0 Å². The number of carbonyl (C=O) groups excluding carboxylic acids is 1. The lowest BCUT2D eigenvalue weighted by molar-refractivity contribution is 0.101. The lowest BCUT2D eigenvalue weighted by atomic mass is 10.2. The first-order chi connectivity index (χ1) is 11.5. The first kappa shape index (κ1) is 18.1. The standard InChI is InChI=1S/C18H20BrN3O2/c1-13(2)22-12-14(19)10-17(22)18(23)21-15-6-5-7-16(11-15)24-9-4-3-8-20/h5-7,10-13H,3-4,9H2,1-2H3,(H,21,23). The Bertz CT molecular complexity index is 747. The first-order valence-corrected chi connectivity index (χ1v) is 8.59. The minimum atomic E-state index is -0.170. The molecule has 0 fully saturated rings. The molecule has 5 nitrogen and oxygen atoms in total. The third-order valence-electron chi connectivity index (χ3n) is 3.40. The maximum atomic E-state index is 12.5. The van der Waals surface area contributed by atoms with Gasteiger partial charge in [-0.25, -0.2) is 0 Å². The second-order valence-corrected chi connectivity index (χ2v) is 6.55. The van der Waals surface area contributed by atoms with Gasteiger partial charge in [0.25, 0.3) is 5.91 Å². The van der Waals surface area contributed by atoms with Crippen LogP contribution in [0.4, 0.5) is 5.69 Å². The van der Waals surface area contributed by atoms with E-state index in [1.165, 1.54) is 0 Å². The van der Waals surface area contributed by atoms with Gasteiger partial charge >= 0.3 is 0 Å². The van der Waals surface area contributed by atoms with Crippen LogP contribution >= 0.6 is 15.9 Å². The summed E-state index contributed by atoms with van der Waals surface area (Å²) in [5.41, 5.74) is 1.27. The first-order valence-electron chi connectivity index (χ1n) is 7.80. The van der Waals surface area contributed by atoms with Crippen molar-refractivity contribution in [3.8, 4) is 11.8 Å². The van der Waals surface area contributed by atoms with Gasteiger partial charge in [0.1, 0.15) is 11.4 Å². The summed E-state index contributed by atoms with van der Waals surface area (Å²) >= 11 is 3.41. The van der Waals surface area contributed by atoms with Crippen LogP contribution in [-0.4, -0.2) is 17.1 Å². The fraction of sp³-hybridized carbons (Fsp3) is 0.333. The van der Waals surface area contributed by atoms with Crippen molar-refractivity contribution in [3.05, 3.63) is 46.7 Å². The molecule has 2 aromatic rings. The van der Waals surface area contributed by atoms with Crippen molar-refractivity contribution in [2.45, 2.75) is 32.7 Å². The number of hydrogen-bond donors (Lipinski definition) is 1. The van der Waals surface area contributed by atoms with Gasteiger partial charge in [0.15, 0.2) is 0 Å². The van der Waals surface area contributed by atoms with Gasteiger partial charge in [0, 0.05) is 34.9 Å². The molecule has 0 atom stereocenters. The van der Waals surface area contributed by atoms with Gasteiger partial charge in [0.2, 0.25) is 0 Å². The van der Waals surface area contributed by atoms with Crippen LogP contribution in [0.5, 0.6) is 5.75 Å². The minimum absolute atomic E-state index is 0.170. The fourth-order valence-corrected chi connectivity index (χ4v) is 2.69. The SMILES string of the molecule is CC(C)n1cc(Br)cc1C(=O)Nc1cccc(OCCCC#N)c1. The highest BCUT2D eigenvalue weighted by atomic mass is 79.9. The molecular formula is C18H20BrN3O2. The van der Waals surface area contributed by atoms with Gasteiger partial charge in [-0.1, -0.05) is 6.07 Å². The Kier molecular flexibility index (Phi) is 6.44. The Hall–Kier alpha value is -2.26. The highest BCUT2D eigenvalue weighted by Crippen LogP contribution is 2.22. The van der Waals surface area contributed by atoms with Crippen LogP contribution in [0, 0.1) is 11.3 Å². The molecule has 0 unspecified atom stereocenters. The van der Waals surface area contributed by atoms with E-state index < -0.39 is 0 Å². The van der Waals surface area contributed by atoms with Crippen molar-refractivity contribution in [1.82, 2.24) is 4.57 Å². The molecule has 1 aromatic heterocycles. The average molecular weight is 390 g/mol. The number of nitriles is 1. The summed E-state index contributed by atoms with van der Waals surface area (Å²) in [5.74, 6) is 0.502. The number of nitrogens with zero attached hydrogens (tertiary/aromatic N) is 2. The molecule has 0 saturated carbocycles. The second-order valence-electron chi connectivity index (χ2n) is 5.64. The summed E-state index contributed by atoms with van der Waals surface area (Å²) in [7, 11) is 0. The molecular weight excluding hydrogens is 370 g/mol. The number of aromatic nitrogens is 1. The van der Waals surface area contributed by atoms with E-state index in [9.17, 15) is 4.79 Å². The zero-order valence-corrected chi connectivity index (χ0v) is 15.3. The minimum Gasteiger partial charge on any atom is -0.493 e. The third-order valence-corrected chi connectivity index (χ3v) is 3.83. The van der Waals surface area contributed by atoms with Gasteiger partial charge in [-0.05, 0) is 54.4 Å². The number of nitrogens with one attached hydrogen (secondary N) is 1. The van der Waals surface area contributed by atoms with Crippen LogP contribution in [0.2, 0.25) is 0 Å². The Morgan fingerprint density at radius 3 is 2.92 bits per heavy atom. The van der Waals surface area contributed by atoms with Crippen LogP contribution in [-0.2, 0) is 0 Å². The molecule has 0 aliphatic heterocycles. The van der Waals surface area contributed by atoms with Crippen molar-refractivity contribution < 1.29 is 9.53 Å². The molecule has 6 heteroatoms. The van der Waals surface area contributed by atoms with E-state index >= 15 is 0 Å². The monoisotopic (exact) mass is 389 g/mol. The highest BCUT2D eigenvalue weighted by molar-refractivity contribution is 9.10. The van der Waals surface area contributed by atoms with E-state index in [0.717, 1.165) is 4.47 Å². The summed E-state index contributed by atoms with van der Waals surface area (Å²) in [4.78, 5) is 12.5. The van der Waals surface area contributed by atoms with Crippen LogP contribution in [0.3, 0.4) is 0 Å². The van der Waals surface area contributed by atoms with Crippen molar-refractivity contribution in [3.63, 3.8) is 0 Å². The van der Waals surface area contributed by atoms with Gasteiger partial charge in [-0.15, -0.1) is 0 Å². The second kappa shape index (κ2) is 8.55. The molecule has 0 aliphatic carbocycles. The number of halogens is 1. The van der Waals surface area contributed by atoms with Crippen LogP contribution in [0.1, 0.15) is 43.2 Å². The number of carbonyl (C=O) groups is 1. The van der Waals surface area contributed by atoms with E-state index in [-0.39, 0.29) is 11.9 Å². The number of amides is 1. The molecule has 1 aromatic carbocycles. The van der Waals surface area contributed by atoms with Crippen molar-refractivity contribution in [2.75, 3.05) is 11.9 Å². The molecule has 1 heterocycles. The highest BCUT2D eigenvalue weighted by Gasteiger charge is 2.15. The molecule has 0 bridgehead atoms. The van der Waals surface area contributed by atoms with Gasteiger partial charge < -0.3 is 14.6 Å². The van der Waals surface area contributed by atoms with Gasteiger partial charge in [-0.2, -0.15) is 5.26 Å². The van der Waals surface area contributed by atoms with E-state index in [0.29, 0.717) is 36.6 Å². The topological polar surface area (TPSA) is 67.1 Å². The molecule has 0 saturated heterocycles. The molecule has 126 valence electrons. The predicted molar refractivity (Wildman–Crippen MR) is 97.3 cm³/mol. The van der Waals surface area contributed by atoms with Crippen molar-refractivity contribution in [1.29, 1.82) is 5.26 Å². The molecule has 1 amide bonds. The normalized spacial score (nSPS) is 10.5. The van der Waals surface area contributed by atoms with E-state index in [1.807, 2.05) is 42.8 Å². The smallest absolute Gasteiger partial charge is 0.272 e. The summed E-state index contributed by atoms with van der Waals surface area (Å²) in [5, 5.41) is 11.4. The van der Waals surface area contributed by atoms with Crippen LogP contribution < -0.4 is 10.1 Å². The number of unbranched alkanes of at least 4 members (excludes halogenated alkanes) is 1. The molecule has 0 radical (unpaired) electrons. The Morgan fingerprint density at radius 1 is 1.42 bits per heavy atom. The van der Waals surface area contributed by atoms with Gasteiger partial charge in [-0.3, -0.25) is 4.79 Å². The fourth-order valence-electron chi connectivity index (χ4n) is 2.25. The number of anilines is 1. The summed E-state index contributed by atoms with van der Waals surface area (Å²) < 4.78 is 8.38. The zero-order valence-electron chi connectivity index (χ0n) is 13.8. The predicted octanol–water partition coefficient (Wildman–Crippen LogP) is 4.77. The number of ether oxygens (including phenoxy) is 1. The van der Waals surface area contributed by atoms with E-state index in [2.05, 4.69) is 27.3 Å².